The van der Waals surface area contributed by atoms with Gasteiger partial charge in [0.1, 0.15) is 17.7 Å². The molecule has 3 heterocycles. The summed E-state index contributed by atoms with van der Waals surface area (Å²) < 4.78 is 0. The number of rotatable bonds is 5. The largest absolute Gasteiger partial charge is 0.383 e. The van der Waals surface area contributed by atoms with Crippen LogP contribution in [0.15, 0.2) is 55.0 Å². The van der Waals surface area contributed by atoms with E-state index in [-0.39, 0.29) is 17.5 Å². The summed E-state index contributed by atoms with van der Waals surface area (Å²) in [6.07, 6.45) is 4.73. The van der Waals surface area contributed by atoms with E-state index in [1.54, 1.807) is 47.6 Å². The Morgan fingerprint density at radius 2 is 1.97 bits per heavy atom. The highest BCUT2D eigenvalue weighted by Gasteiger charge is 2.27. The van der Waals surface area contributed by atoms with Crippen molar-refractivity contribution in [1.82, 2.24) is 24.8 Å². The second-order valence-electron chi connectivity index (χ2n) is 7.58. The molecule has 1 aromatic carbocycles. The van der Waals surface area contributed by atoms with E-state index < -0.39 is 6.04 Å². The number of nitrogens with two attached hydrogens (primary N) is 1. The third kappa shape index (κ3) is 4.59. The normalized spacial score (nSPS) is 11.7. The number of halogens is 1. The Bertz CT molecular complexity index is 1370. The van der Waals surface area contributed by atoms with Gasteiger partial charge in [0.25, 0.3) is 5.91 Å². The lowest BCUT2D eigenvalue weighted by Gasteiger charge is -2.28. The molecule has 0 aliphatic rings. The molecule has 1 amide bonds. The number of carbonyl (C=O) groups excluding carboxylic acids is 1. The van der Waals surface area contributed by atoms with Crippen molar-refractivity contribution in [2.45, 2.75) is 26.4 Å². The highest BCUT2D eigenvalue weighted by molar-refractivity contribution is 6.34. The van der Waals surface area contributed by atoms with Gasteiger partial charge in [-0.3, -0.25) is 9.78 Å². The minimum absolute atomic E-state index is 0.178. The topological polar surface area (TPSA) is 122 Å². The number of amides is 1. The monoisotopic (exact) mass is 457 g/mol. The third-order valence-electron chi connectivity index (χ3n) is 5.34. The van der Waals surface area contributed by atoms with Crippen LogP contribution in [-0.2, 0) is 6.54 Å². The molecular weight excluding hydrogens is 438 g/mol. The molecule has 0 aliphatic heterocycles. The second-order valence-corrected chi connectivity index (χ2v) is 7.99. The van der Waals surface area contributed by atoms with E-state index in [1.165, 1.54) is 6.20 Å². The van der Waals surface area contributed by atoms with Gasteiger partial charge in [0, 0.05) is 24.0 Å². The fourth-order valence-electron chi connectivity index (χ4n) is 3.44. The van der Waals surface area contributed by atoms with Crippen molar-refractivity contribution in [3.8, 4) is 6.07 Å². The number of benzene rings is 1. The van der Waals surface area contributed by atoms with Gasteiger partial charge in [-0.1, -0.05) is 11.6 Å². The molecule has 0 fully saturated rings. The quantitative estimate of drug-likeness (QED) is 0.475. The molecule has 33 heavy (non-hydrogen) atoms. The Balaban J connectivity index is 1.77. The summed E-state index contributed by atoms with van der Waals surface area (Å²) >= 11 is 6.52. The van der Waals surface area contributed by atoms with Gasteiger partial charge in [0.05, 0.1) is 39.9 Å². The minimum Gasteiger partial charge on any atom is -0.383 e. The summed E-state index contributed by atoms with van der Waals surface area (Å²) in [5, 5.41) is 10.1. The molecule has 1 atom stereocenters. The predicted molar refractivity (Wildman–Crippen MR) is 125 cm³/mol. The summed E-state index contributed by atoms with van der Waals surface area (Å²) in [6, 6.07) is 11.9. The van der Waals surface area contributed by atoms with Gasteiger partial charge in [0.2, 0.25) is 0 Å². The van der Waals surface area contributed by atoms with E-state index in [0.29, 0.717) is 34.0 Å². The molecule has 0 bridgehead atoms. The maximum Gasteiger partial charge on any atom is 0.256 e. The Labute approximate surface area is 195 Å². The molecule has 9 heteroatoms. The maximum atomic E-state index is 13.8. The highest BCUT2D eigenvalue weighted by Crippen LogP contribution is 2.29. The Hall–Kier alpha value is -4.09. The first-order valence-electron chi connectivity index (χ1n) is 10.2. The zero-order chi connectivity index (χ0) is 23.5. The molecule has 0 saturated heterocycles. The number of hydrogen-bond donors (Lipinski definition) is 1. The van der Waals surface area contributed by atoms with Crippen molar-refractivity contribution in [3.05, 3.63) is 88.2 Å². The fraction of sp³-hybridized carbons (Fsp3) is 0.167. The van der Waals surface area contributed by atoms with E-state index in [1.807, 2.05) is 26.0 Å². The van der Waals surface area contributed by atoms with Crippen LogP contribution in [0.3, 0.4) is 0 Å². The molecule has 0 radical (unpaired) electrons. The van der Waals surface area contributed by atoms with Crippen LogP contribution in [-0.4, -0.2) is 30.7 Å². The molecule has 3 aromatic heterocycles. The SMILES string of the molecule is Cc1cc2cc(C(=O)N(Cc3ccc(C#N)cn3)[C@H](C)c3ncccn3)c(Cl)cc2nc1N. The number of aromatic nitrogens is 4. The zero-order valence-electron chi connectivity index (χ0n) is 18.0. The van der Waals surface area contributed by atoms with E-state index in [4.69, 9.17) is 22.6 Å². The number of nitriles is 1. The van der Waals surface area contributed by atoms with Crippen LogP contribution in [0.4, 0.5) is 5.82 Å². The van der Waals surface area contributed by atoms with E-state index in [2.05, 4.69) is 19.9 Å². The van der Waals surface area contributed by atoms with Gasteiger partial charge in [-0.25, -0.2) is 15.0 Å². The van der Waals surface area contributed by atoms with E-state index >= 15 is 0 Å². The lowest BCUT2D eigenvalue weighted by molar-refractivity contribution is 0.0663. The highest BCUT2D eigenvalue weighted by atomic mass is 35.5. The van der Waals surface area contributed by atoms with Crippen LogP contribution in [0.5, 0.6) is 0 Å². The molecular formula is C24H20ClN7O. The van der Waals surface area contributed by atoms with E-state index in [0.717, 1.165) is 10.9 Å². The number of aryl methyl sites for hydroxylation is 1. The number of nitrogens with zero attached hydrogens (tertiary/aromatic N) is 6. The summed E-state index contributed by atoms with van der Waals surface area (Å²) in [4.78, 5) is 32.7. The van der Waals surface area contributed by atoms with Crippen molar-refractivity contribution < 1.29 is 4.79 Å². The minimum atomic E-state index is -0.464. The number of anilines is 1. The molecule has 2 N–H and O–H groups in total. The first-order valence-corrected chi connectivity index (χ1v) is 10.5. The lowest BCUT2D eigenvalue weighted by atomic mass is 10.1. The molecule has 0 aliphatic carbocycles. The number of nitrogen functional groups attached to an aromatic ring is 1. The van der Waals surface area contributed by atoms with Crippen molar-refractivity contribution in [3.63, 3.8) is 0 Å². The van der Waals surface area contributed by atoms with Crippen molar-refractivity contribution >= 4 is 34.2 Å². The van der Waals surface area contributed by atoms with Gasteiger partial charge in [0.15, 0.2) is 0 Å². The fourth-order valence-corrected chi connectivity index (χ4v) is 3.68. The Morgan fingerprint density at radius 3 is 2.64 bits per heavy atom. The number of pyridine rings is 2. The second kappa shape index (κ2) is 9.18. The third-order valence-corrected chi connectivity index (χ3v) is 5.65. The molecule has 4 rings (SSSR count). The standard InChI is InChI=1S/C24H20ClN7O/c1-14-8-17-9-19(20(25)10-21(17)31-22(14)27)24(33)32(15(2)23-28-6-3-7-29-23)13-18-5-4-16(11-26)12-30-18/h3-10,12,15H,13H2,1-2H3,(H2,27,31)/t15-/m1/s1. The van der Waals surface area contributed by atoms with Crippen molar-refractivity contribution in [1.29, 1.82) is 5.26 Å². The summed E-state index contributed by atoms with van der Waals surface area (Å²) in [7, 11) is 0. The van der Waals surface area contributed by atoms with Gasteiger partial charge >= 0.3 is 0 Å². The van der Waals surface area contributed by atoms with E-state index in [9.17, 15) is 4.79 Å². The maximum absolute atomic E-state index is 13.8. The molecule has 8 nitrogen and oxygen atoms in total. The van der Waals surface area contributed by atoms with Gasteiger partial charge in [-0.2, -0.15) is 5.26 Å². The van der Waals surface area contributed by atoms with Gasteiger partial charge in [-0.05, 0) is 55.8 Å². The number of fused-ring (bicyclic) bond motifs is 1. The summed E-state index contributed by atoms with van der Waals surface area (Å²) in [5.74, 6) is 0.602. The van der Waals surface area contributed by atoms with Crippen LogP contribution in [0.1, 0.15) is 46.0 Å². The first-order chi connectivity index (χ1) is 15.9. The lowest BCUT2D eigenvalue weighted by Crippen LogP contribution is -2.34. The van der Waals surface area contributed by atoms with Crippen molar-refractivity contribution in [2.75, 3.05) is 5.73 Å². The van der Waals surface area contributed by atoms with Crippen LogP contribution in [0.2, 0.25) is 5.02 Å². The van der Waals surface area contributed by atoms with Crippen LogP contribution in [0, 0.1) is 18.3 Å². The van der Waals surface area contributed by atoms with Crippen LogP contribution < -0.4 is 5.73 Å². The molecule has 4 aromatic rings. The average Bonchev–Trinajstić information content (AvgIpc) is 2.83. The molecule has 0 saturated carbocycles. The smallest absolute Gasteiger partial charge is 0.256 e. The Morgan fingerprint density at radius 1 is 1.21 bits per heavy atom. The summed E-state index contributed by atoms with van der Waals surface area (Å²) in [6.45, 7) is 3.88. The number of hydrogen-bond acceptors (Lipinski definition) is 7. The Kier molecular flexibility index (Phi) is 6.16. The number of carbonyl (C=O) groups is 1. The van der Waals surface area contributed by atoms with Gasteiger partial charge in [-0.15, -0.1) is 0 Å². The van der Waals surface area contributed by atoms with Crippen LogP contribution in [0.25, 0.3) is 10.9 Å². The van der Waals surface area contributed by atoms with Crippen LogP contribution >= 0.6 is 11.6 Å². The molecule has 164 valence electrons. The molecule has 0 unspecified atom stereocenters. The van der Waals surface area contributed by atoms with Crippen molar-refractivity contribution in [2.24, 2.45) is 0 Å². The zero-order valence-corrected chi connectivity index (χ0v) is 18.8. The predicted octanol–water partition coefficient (Wildman–Crippen LogP) is 4.24. The first kappa shape index (κ1) is 22.1. The average molecular weight is 458 g/mol. The summed E-state index contributed by atoms with van der Waals surface area (Å²) in [5.41, 5.74) is 8.73. The molecule has 0 spiro atoms. The van der Waals surface area contributed by atoms with Gasteiger partial charge < -0.3 is 10.6 Å².